The highest BCUT2D eigenvalue weighted by Crippen LogP contribution is 2.25. The Kier molecular flexibility index (Phi) is 6.79. The van der Waals surface area contributed by atoms with E-state index in [1.165, 1.54) is 24.1 Å². The summed E-state index contributed by atoms with van der Waals surface area (Å²) in [6.07, 6.45) is 2.62. The van der Waals surface area contributed by atoms with Crippen molar-refractivity contribution in [3.05, 3.63) is 57.5 Å². The van der Waals surface area contributed by atoms with E-state index in [2.05, 4.69) is 62.7 Å². The number of piperidine rings is 1. The molecule has 0 bridgehead atoms. The zero-order valence-corrected chi connectivity index (χ0v) is 17.9. The number of nitrogens with one attached hydrogen (secondary N) is 2. The summed E-state index contributed by atoms with van der Waals surface area (Å²) in [7, 11) is 0. The van der Waals surface area contributed by atoms with Gasteiger partial charge in [-0.05, 0) is 82.8 Å². The predicted octanol–water partition coefficient (Wildman–Crippen LogP) is 5.83. The minimum absolute atomic E-state index is 0.581. The number of benzene rings is 2. The molecule has 1 aliphatic heterocycles. The van der Waals surface area contributed by atoms with Crippen LogP contribution in [0.1, 0.15) is 25.3 Å². The highest BCUT2D eigenvalue weighted by Gasteiger charge is 2.16. The van der Waals surface area contributed by atoms with Gasteiger partial charge in [-0.25, -0.2) is 0 Å². The lowest BCUT2D eigenvalue weighted by Crippen LogP contribution is -2.34. The second kappa shape index (κ2) is 9.07. The maximum Gasteiger partial charge on any atom is 0.171 e. The van der Waals surface area contributed by atoms with Crippen molar-refractivity contribution in [2.75, 3.05) is 23.3 Å². The first-order chi connectivity index (χ1) is 12.5. The summed E-state index contributed by atoms with van der Waals surface area (Å²) in [5.41, 5.74) is 3.38. The van der Waals surface area contributed by atoms with Gasteiger partial charge in [0.15, 0.2) is 5.11 Å². The molecule has 1 unspecified atom stereocenters. The third kappa shape index (κ3) is 5.35. The van der Waals surface area contributed by atoms with Crippen molar-refractivity contribution >= 4 is 56.2 Å². The Hall–Kier alpha value is -1.30. The number of hydrogen-bond donors (Lipinski definition) is 2. The molecule has 6 heteroatoms. The summed E-state index contributed by atoms with van der Waals surface area (Å²) in [5, 5.41) is 7.63. The molecule has 1 fully saturated rings. The van der Waals surface area contributed by atoms with Gasteiger partial charge in [0.25, 0.3) is 0 Å². The average Bonchev–Trinajstić information content (AvgIpc) is 2.63. The normalized spacial score (nSPS) is 17.0. The Bertz CT molecular complexity index is 766. The van der Waals surface area contributed by atoms with Crippen LogP contribution in [0.25, 0.3) is 0 Å². The van der Waals surface area contributed by atoms with Gasteiger partial charge in [0.1, 0.15) is 0 Å². The number of anilines is 2. The smallest absolute Gasteiger partial charge is 0.171 e. The molecule has 0 radical (unpaired) electrons. The van der Waals surface area contributed by atoms with Crippen LogP contribution in [0.2, 0.25) is 5.02 Å². The minimum Gasteiger partial charge on any atom is -0.371 e. The summed E-state index contributed by atoms with van der Waals surface area (Å²) in [6, 6.07) is 14.4. The molecule has 0 saturated carbocycles. The number of rotatable bonds is 4. The summed E-state index contributed by atoms with van der Waals surface area (Å²) < 4.78 is 0.867. The van der Waals surface area contributed by atoms with E-state index >= 15 is 0 Å². The van der Waals surface area contributed by atoms with Gasteiger partial charge < -0.3 is 15.5 Å². The van der Waals surface area contributed by atoms with Crippen LogP contribution < -0.4 is 15.5 Å². The highest BCUT2D eigenvalue weighted by molar-refractivity contribution is 9.10. The lowest BCUT2D eigenvalue weighted by molar-refractivity contribution is 0.447. The molecule has 2 aromatic carbocycles. The maximum atomic E-state index is 6.10. The Balaban J connectivity index is 1.51. The van der Waals surface area contributed by atoms with Crippen molar-refractivity contribution in [2.24, 2.45) is 5.92 Å². The van der Waals surface area contributed by atoms with Crippen molar-refractivity contribution in [1.82, 2.24) is 5.32 Å². The number of hydrogen-bond acceptors (Lipinski definition) is 2. The van der Waals surface area contributed by atoms with Crippen LogP contribution in [0.4, 0.5) is 11.4 Å². The number of thiocarbonyl (C=S) groups is 1. The monoisotopic (exact) mass is 451 g/mol. The van der Waals surface area contributed by atoms with Crippen molar-refractivity contribution in [1.29, 1.82) is 0 Å². The fourth-order valence-corrected chi connectivity index (χ4v) is 3.80. The van der Waals surface area contributed by atoms with Crippen LogP contribution in [0, 0.1) is 5.92 Å². The maximum absolute atomic E-state index is 6.10. The molecule has 3 nitrogen and oxygen atoms in total. The second-order valence-electron chi connectivity index (χ2n) is 6.80. The van der Waals surface area contributed by atoms with E-state index in [4.69, 9.17) is 23.8 Å². The standard InChI is InChI=1S/C20H23BrClN3S/c1-14-3-2-10-25(13-14)17-7-4-15(5-8-17)12-23-20(26)24-16-6-9-18(21)19(22)11-16/h4-9,11,14H,2-3,10,12-13H2,1H3,(H2,23,24,26). The van der Waals surface area contributed by atoms with Crippen molar-refractivity contribution < 1.29 is 0 Å². The summed E-state index contributed by atoms with van der Waals surface area (Å²) >= 11 is 14.9. The van der Waals surface area contributed by atoms with Gasteiger partial charge in [0, 0.05) is 35.5 Å². The number of nitrogens with zero attached hydrogens (tertiary/aromatic N) is 1. The van der Waals surface area contributed by atoms with Crippen LogP contribution in [0.3, 0.4) is 0 Å². The fraction of sp³-hybridized carbons (Fsp3) is 0.350. The van der Waals surface area contributed by atoms with Crippen LogP contribution in [0.5, 0.6) is 0 Å². The van der Waals surface area contributed by atoms with Crippen molar-refractivity contribution in [3.8, 4) is 0 Å². The first-order valence-electron chi connectivity index (χ1n) is 8.85. The molecule has 1 heterocycles. The van der Waals surface area contributed by atoms with Crippen LogP contribution in [-0.4, -0.2) is 18.2 Å². The Morgan fingerprint density at radius 2 is 2.04 bits per heavy atom. The van der Waals surface area contributed by atoms with E-state index in [-0.39, 0.29) is 0 Å². The fourth-order valence-electron chi connectivity index (χ4n) is 3.18. The highest BCUT2D eigenvalue weighted by atomic mass is 79.9. The molecule has 1 atom stereocenters. The van der Waals surface area contributed by atoms with Gasteiger partial charge in [-0.1, -0.05) is 30.7 Å². The zero-order valence-electron chi connectivity index (χ0n) is 14.8. The quantitative estimate of drug-likeness (QED) is 0.571. The van der Waals surface area contributed by atoms with Crippen molar-refractivity contribution in [3.63, 3.8) is 0 Å². The first kappa shape index (κ1) is 19.5. The molecule has 3 rings (SSSR count). The van der Waals surface area contributed by atoms with Gasteiger partial charge in [-0.3, -0.25) is 0 Å². The molecule has 138 valence electrons. The Labute approximate surface area is 174 Å². The van der Waals surface area contributed by atoms with Gasteiger partial charge >= 0.3 is 0 Å². The average molecular weight is 453 g/mol. The summed E-state index contributed by atoms with van der Waals surface area (Å²) in [6.45, 7) is 5.33. The molecule has 1 aliphatic rings. The first-order valence-corrected chi connectivity index (χ1v) is 10.4. The van der Waals surface area contributed by atoms with Crippen LogP contribution >= 0.6 is 39.7 Å². The van der Waals surface area contributed by atoms with E-state index in [0.29, 0.717) is 16.7 Å². The Morgan fingerprint density at radius 1 is 1.27 bits per heavy atom. The molecule has 0 aliphatic carbocycles. The zero-order chi connectivity index (χ0) is 18.5. The second-order valence-corrected chi connectivity index (χ2v) is 8.47. The van der Waals surface area contributed by atoms with E-state index in [9.17, 15) is 0 Å². The van der Waals surface area contributed by atoms with Crippen LogP contribution in [-0.2, 0) is 6.54 Å². The van der Waals surface area contributed by atoms with Gasteiger partial charge in [-0.2, -0.15) is 0 Å². The van der Waals surface area contributed by atoms with Crippen molar-refractivity contribution in [2.45, 2.75) is 26.3 Å². The molecule has 2 N–H and O–H groups in total. The van der Waals surface area contributed by atoms with Crippen LogP contribution in [0.15, 0.2) is 46.9 Å². The summed E-state index contributed by atoms with van der Waals surface area (Å²) in [5.74, 6) is 0.778. The summed E-state index contributed by atoms with van der Waals surface area (Å²) in [4.78, 5) is 2.48. The molecule has 26 heavy (non-hydrogen) atoms. The molecule has 0 spiro atoms. The predicted molar refractivity (Wildman–Crippen MR) is 119 cm³/mol. The van der Waals surface area contributed by atoms with E-state index in [0.717, 1.165) is 29.2 Å². The lowest BCUT2D eigenvalue weighted by atomic mass is 9.99. The largest absolute Gasteiger partial charge is 0.371 e. The SMILES string of the molecule is CC1CCCN(c2ccc(CNC(=S)Nc3ccc(Br)c(Cl)c3)cc2)C1. The van der Waals surface area contributed by atoms with Gasteiger partial charge in [0.05, 0.1) is 5.02 Å². The topological polar surface area (TPSA) is 27.3 Å². The van der Waals surface area contributed by atoms with Gasteiger partial charge in [-0.15, -0.1) is 0 Å². The van der Waals surface area contributed by atoms with E-state index in [1.807, 2.05) is 18.2 Å². The molecule has 0 aromatic heterocycles. The third-order valence-corrected chi connectivity index (χ3v) is 6.07. The Morgan fingerprint density at radius 3 is 2.73 bits per heavy atom. The lowest BCUT2D eigenvalue weighted by Gasteiger charge is -2.32. The number of halogens is 2. The molecular formula is C20H23BrClN3S. The van der Waals surface area contributed by atoms with E-state index < -0.39 is 0 Å². The molecule has 2 aromatic rings. The molecular weight excluding hydrogens is 430 g/mol. The molecule has 0 amide bonds. The third-order valence-electron chi connectivity index (χ3n) is 4.59. The minimum atomic E-state index is 0.581. The van der Waals surface area contributed by atoms with E-state index in [1.54, 1.807) is 0 Å². The van der Waals surface area contributed by atoms with Gasteiger partial charge in [0.2, 0.25) is 0 Å². The molecule has 1 saturated heterocycles.